The Morgan fingerprint density at radius 2 is 0.735 bits per heavy atom. The lowest BCUT2D eigenvalue weighted by atomic mass is 9.72. The number of allylic oxidation sites excluding steroid dienone is 2. The van der Waals surface area contributed by atoms with Gasteiger partial charge in [0.25, 0.3) is 0 Å². The molecule has 6 nitrogen and oxygen atoms in total. The van der Waals surface area contributed by atoms with Crippen LogP contribution in [0.1, 0.15) is 122 Å². The summed E-state index contributed by atoms with van der Waals surface area (Å²) >= 11 is 0. The number of benzene rings is 4. The number of ether oxygens (including phenoxy) is 4. The molecule has 0 N–H and O–H groups in total. The molecule has 0 saturated carbocycles. The molecule has 4 aromatic rings. The Kier molecular flexibility index (Phi) is 6.35. The monoisotopic (exact) mass is 652 g/mol. The smallest absolute Gasteiger partial charge is 0.170 e. The lowest BCUT2D eigenvalue weighted by Gasteiger charge is -2.31. The molecule has 1 unspecified atom stereocenters. The highest BCUT2D eigenvalue weighted by atomic mass is 16.6. The number of rotatable bonds is 4. The Labute approximate surface area is 287 Å². The lowest BCUT2D eigenvalue weighted by molar-refractivity contribution is 0.0980. The van der Waals surface area contributed by atoms with Crippen LogP contribution in [-0.4, -0.2) is 11.6 Å². The molecule has 1 spiro atoms. The van der Waals surface area contributed by atoms with Gasteiger partial charge in [-0.05, 0) is 133 Å². The normalized spacial score (nSPS) is 19.4. The average Bonchev–Trinajstić information content (AvgIpc) is 3.37. The molecule has 2 heterocycles. The zero-order valence-corrected chi connectivity index (χ0v) is 29.4. The summed E-state index contributed by atoms with van der Waals surface area (Å²) in [7, 11) is 0. The Morgan fingerprint density at radius 1 is 0.469 bits per heavy atom. The third kappa shape index (κ3) is 4.46. The van der Waals surface area contributed by atoms with E-state index in [2.05, 4.69) is 65.1 Å². The standard InChI is InChI=1S/C43H40O6/c1-21(2)25-11-33-34(12-26(25)22(3)4)47-39-17-31-29(15-37(39)46-33)41(7,8)19-43(31)20-42(9,10)30-16-38-40(18-32(30)43)49-36-14-28(24(6)45)27(23(5)44)13-35(36)48-38/h11-18H,1,3,19-20H2,2,4-10H3. The Hall–Kier alpha value is -5.10. The molecule has 4 aromatic carbocycles. The van der Waals surface area contributed by atoms with Crippen molar-refractivity contribution < 1.29 is 28.5 Å². The van der Waals surface area contributed by atoms with Gasteiger partial charge in [-0.25, -0.2) is 0 Å². The fourth-order valence-corrected chi connectivity index (χ4v) is 8.84. The minimum atomic E-state index is -0.315. The minimum Gasteiger partial charge on any atom is -0.449 e. The first kappa shape index (κ1) is 31.2. The van der Waals surface area contributed by atoms with Crippen LogP contribution in [0, 0.1) is 0 Å². The van der Waals surface area contributed by atoms with Crippen molar-refractivity contribution in [1.82, 2.24) is 0 Å². The number of fused-ring (bicyclic) bond motifs is 8. The topological polar surface area (TPSA) is 71.1 Å². The number of hydrogen-bond acceptors (Lipinski definition) is 6. The fraction of sp³-hybridized carbons (Fsp3) is 0.302. The van der Waals surface area contributed by atoms with Crippen LogP contribution in [0.5, 0.6) is 46.0 Å². The van der Waals surface area contributed by atoms with E-state index in [-0.39, 0.29) is 27.8 Å². The molecule has 0 aromatic heterocycles. The minimum absolute atomic E-state index is 0.155. The van der Waals surface area contributed by atoms with E-state index in [4.69, 9.17) is 18.9 Å². The van der Waals surface area contributed by atoms with Crippen LogP contribution in [0.15, 0.2) is 61.7 Å². The van der Waals surface area contributed by atoms with E-state index in [1.807, 2.05) is 26.0 Å². The molecule has 6 heteroatoms. The third-order valence-corrected chi connectivity index (χ3v) is 10.9. The van der Waals surface area contributed by atoms with E-state index < -0.39 is 0 Å². The quantitative estimate of drug-likeness (QED) is 0.177. The van der Waals surface area contributed by atoms with Crippen LogP contribution < -0.4 is 18.9 Å². The van der Waals surface area contributed by atoms with Gasteiger partial charge in [-0.15, -0.1) is 0 Å². The highest BCUT2D eigenvalue weighted by Crippen LogP contribution is 2.66. The molecule has 248 valence electrons. The molecular formula is C43H40O6. The maximum Gasteiger partial charge on any atom is 0.170 e. The van der Waals surface area contributed by atoms with Gasteiger partial charge >= 0.3 is 0 Å². The molecule has 1 atom stereocenters. The van der Waals surface area contributed by atoms with Gasteiger partial charge in [-0.3, -0.25) is 9.59 Å². The van der Waals surface area contributed by atoms with E-state index in [0.717, 1.165) is 35.1 Å². The van der Waals surface area contributed by atoms with Crippen LogP contribution in [0.25, 0.3) is 11.1 Å². The molecule has 0 amide bonds. The summed E-state index contributed by atoms with van der Waals surface area (Å²) in [5.41, 5.74) is 8.74. The maximum absolute atomic E-state index is 12.5. The maximum atomic E-state index is 12.5. The van der Waals surface area contributed by atoms with Crippen molar-refractivity contribution >= 4 is 22.7 Å². The molecule has 0 saturated heterocycles. The molecule has 49 heavy (non-hydrogen) atoms. The summed E-state index contributed by atoms with van der Waals surface area (Å²) in [6, 6.07) is 15.8. The summed E-state index contributed by atoms with van der Waals surface area (Å²) in [6.45, 7) is 24.4. The summed E-state index contributed by atoms with van der Waals surface area (Å²) in [5, 5.41) is 0. The van der Waals surface area contributed by atoms with Gasteiger partial charge in [0.05, 0.1) is 0 Å². The predicted molar refractivity (Wildman–Crippen MR) is 192 cm³/mol. The van der Waals surface area contributed by atoms with Gasteiger partial charge in [-0.1, -0.05) is 52.0 Å². The summed E-state index contributed by atoms with van der Waals surface area (Å²) < 4.78 is 26.1. The van der Waals surface area contributed by atoms with Crippen molar-refractivity contribution in [3.8, 4) is 46.0 Å². The van der Waals surface area contributed by atoms with E-state index in [1.54, 1.807) is 12.1 Å². The molecule has 0 fully saturated rings. The molecule has 0 bridgehead atoms. The number of Topliss-reactive ketones (excluding diaryl/α,β-unsaturated/α-hetero) is 2. The Bertz CT molecular complexity index is 2090. The van der Waals surface area contributed by atoms with Crippen molar-refractivity contribution in [2.24, 2.45) is 0 Å². The number of carbonyl (C=O) groups excluding carboxylic acids is 2. The molecule has 0 radical (unpaired) electrons. The van der Waals surface area contributed by atoms with Gasteiger partial charge in [0.15, 0.2) is 57.6 Å². The summed E-state index contributed by atoms with van der Waals surface area (Å²) in [5.74, 6) is 4.35. The molecular weight excluding hydrogens is 612 g/mol. The van der Waals surface area contributed by atoms with Gasteiger partial charge in [0.2, 0.25) is 0 Å². The summed E-state index contributed by atoms with van der Waals surface area (Å²) in [4.78, 5) is 24.9. The van der Waals surface area contributed by atoms with Gasteiger partial charge in [-0.2, -0.15) is 0 Å². The van der Waals surface area contributed by atoms with Crippen molar-refractivity contribution in [2.75, 3.05) is 0 Å². The van der Waals surface area contributed by atoms with E-state index >= 15 is 0 Å². The SMILES string of the molecule is C=C(C)c1cc2c(cc1C(=C)C)Oc1cc3c(cc1O2)C(C)(C)CC31CC(C)(C)c2cc3c(cc21)Oc1cc(C(C)=O)c(C(C)=O)cc1O3. The predicted octanol–water partition coefficient (Wildman–Crippen LogP) is 11.6. The lowest BCUT2D eigenvalue weighted by Crippen LogP contribution is -2.27. The molecule has 8 rings (SSSR count). The van der Waals surface area contributed by atoms with Gasteiger partial charge < -0.3 is 18.9 Å². The van der Waals surface area contributed by atoms with Crippen molar-refractivity contribution in [2.45, 2.75) is 84.5 Å². The van der Waals surface area contributed by atoms with E-state index in [9.17, 15) is 9.59 Å². The largest absolute Gasteiger partial charge is 0.449 e. The van der Waals surface area contributed by atoms with Crippen LogP contribution in [0.4, 0.5) is 0 Å². The fourth-order valence-electron chi connectivity index (χ4n) is 8.84. The van der Waals surface area contributed by atoms with Crippen LogP contribution in [0.3, 0.4) is 0 Å². The first-order valence-corrected chi connectivity index (χ1v) is 16.8. The van der Waals surface area contributed by atoms with Crippen LogP contribution in [0.2, 0.25) is 0 Å². The van der Waals surface area contributed by atoms with Gasteiger partial charge in [0, 0.05) is 16.5 Å². The highest BCUT2D eigenvalue weighted by Gasteiger charge is 2.57. The third-order valence-electron chi connectivity index (χ3n) is 10.9. The number of ketones is 2. The molecule has 2 aliphatic carbocycles. The van der Waals surface area contributed by atoms with Gasteiger partial charge in [0.1, 0.15) is 0 Å². The zero-order chi connectivity index (χ0) is 34.9. The summed E-state index contributed by atoms with van der Waals surface area (Å²) in [6.07, 6.45) is 1.79. The highest BCUT2D eigenvalue weighted by molar-refractivity contribution is 6.08. The molecule has 4 aliphatic rings. The zero-order valence-electron chi connectivity index (χ0n) is 29.4. The van der Waals surface area contributed by atoms with Crippen molar-refractivity contribution in [3.63, 3.8) is 0 Å². The number of carbonyl (C=O) groups is 2. The second-order valence-electron chi connectivity index (χ2n) is 15.7. The average molecular weight is 653 g/mol. The first-order chi connectivity index (χ1) is 23.0. The van der Waals surface area contributed by atoms with Crippen molar-refractivity contribution in [3.05, 3.63) is 106 Å². The Morgan fingerprint density at radius 3 is 1.02 bits per heavy atom. The Balaban J connectivity index is 1.25. The van der Waals surface area contributed by atoms with Crippen LogP contribution >= 0.6 is 0 Å². The van der Waals surface area contributed by atoms with Crippen LogP contribution in [-0.2, 0) is 16.2 Å². The number of hydrogen-bond donors (Lipinski definition) is 0. The van der Waals surface area contributed by atoms with Crippen molar-refractivity contribution in [1.29, 1.82) is 0 Å². The first-order valence-electron chi connectivity index (χ1n) is 16.8. The second kappa shape index (κ2) is 9.97. The molecule has 2 aliphatic heterocycles. The van der Waals surface area contributed by atoms with E-state index in [0.29, 0.717) is 57.1 Å². The van der Waals surface area contributed by atoms with E-state index in [1.165, 1.54) is 36.1 Å². The second-order valence-corrected chi connectivity index (χ2v) is 15.7.